The number of hydrogen-bond donors (Lipinski definition) is 4. The fourth-order valence-corrected chi connectivity index (χ4v) is 6.34. The minimum Gasteiger partial charge on any atom is -0.392 e. The molecule has 4 aliphatic carbocycles. The van der Waals surface area contributed by atoms with Crippen molar-refractivity contribution in [3.63, 3.8) is 0 Å². The fraction of sp³-hybridized carbons (Fsp3) is 0.842. The number of rotatable bonds is 0. The molecule has 3 fully saturated rings. The highest BCUT2D eigenvalue weighted by Crippen LogP contribution is 2.65. The molecule has 0 aliphatic heterocycles. The highest BCUT2D eigenvalue weighted by Gasteiger charge is 2.66. The molecule has 24 heavy (non-hydrogen) atoms. The predicted molar refractivity (Wildman–Crippen MR) is 87.0 cm³/mol. The molecule has 134 valence electrons. The molecular weight excluding hydrogens is 308 g/mol. The van der Waals surface area contributed by atoms with Crippen molar-refractivity contribution in [2.75, 3.05) is 0 Å². The van der Waals surface area contributed by atoms with Crippen molar-refractivity contribution in [3.8, 4) is 0 Å². The average molecular weight is 336 g/mol. The normalized spacial score (nSPS) is 57.0. The first-order valence-electron chi connectivity index (χ1n) is 9.16. The van der Waals surface area contributed by atoms with Gasteiger partial charge in [-0.25, -0.2) is 0 Å². The quantitative estimate of drug-likeness (QED) is 0.528. The van der Waals surface area contributed by atoms with Crippen molar-refractivity contribution in [1.29, 1.82) is 0 Å². The van der Waals surface area contributed by atoms with Crippen LogP contribution in [-0.4, -0.2) is 50.1 Å². The minimum absolute atomic E-state index is 0.0192. The lowest BCUT2D eigenvalue weighted by Gasteiger charge is -2.59. The maximum Gasteiger partial charge on any atom is 0.159 e. The average Bonchev–Trinajstić information content (AvgIpc) is 2.75. The topological polar surface area (TPSA) is 98.0 Å². The molecule has 4 N–H and O–H groups in total. The molecule has 0 radical (unpaired) electrons. The molecule has 4 aliphatic rings. The third-order valence-corrected chi connectivity index (χ3v) is 8.07. The summed E-state index contributed by atoms with van der Waals surface area (Å²) in [5, 5.41) is 42.2. The summed E-state index contributed by atoms with van der Waals surface area (Å²) in [5.74, 6) is -0.330. The Hall–Kier alpha value is -0.750. The van der Waals surface area contributed by atoms with Crippen molar-refractivity contribution in [2.45, 2.75) is 76.3 Å². The molecule has 0 aromatic rings. The Bertz CT molecular complexity index is 615. The molecule has 0 heterocycles. The first-order valence-corrected chi connectivity index (χ1v) is 9.16. The van der Waals surface area contributed by atoms with Crippen LogP contribution in [-0.2, 0) is 4.79 Å². The van der Waals surface area contributed by atoms with Gasteiger partial charge in [-0.15, -0.1) is 0 Å². The Balaban J connectivity index is 1.81. The van der Waals surface area contributed by atoms with Gasteiger partial charge in [0.15, 0.2) is 5.78 Å². The number of carbonyl (C=O) groups is 1. The summed E-state index contributed by atoms with van der Waals surface area (Å²) in [6.07, 6.45) is 2.58. The smallest absolute Gasteiger partial charge is 0.159 e. The van der Waals surface area contributed by atoms with E-state index in [0.29, 0.717) is 25.7 Å². The number of carbonyl (C=O) groups excluding carboxylic acids is 1. The van der Waals surface area contributed by atoms with E-state index in [2.05, 4.69) is 0 Å². The first kappa shape index (κ1) is 16.7. The molecule has 0 amide bonds. The number of aliphatic hydroxyl groups is 4. The lowest BCUT2D eigenvalue weighted by Crippen LogP contribution is -2.61. The molecule has 0 bridgehead atoms. The van der Waals surface area contributed by atoms with Gasteiger partial charge in [0, 0.05) is 11.3 Å². The zero-order valence-corrected chi connectivity index (χ0v) is 14.4. The maximum absolute atomic E-state index is 12.8. The monoisotopic (exact) mass is 336 g/mol. The summed E-state index contributed by atoms with van der Waals surface area (Å²) in [7, 11) is 0. The molecule has 8 atom stereocenters. The van der Waals surface area contributed by atoms with Crippen LogP contribution >= 0.6 is 0 Å². The fourth-order valence-electron chi connectivity index (χ4n) is 6.34. The van der Waals surface area contributed by atoms with E-state index in [9.17, 15) is 25.2 Å². The molecule has 0 saturated heterocycles. The molecule has 3 saturated carbocycles. The molecule has 0 spiro atoms. The second-order valence-electron chi connectivity index (χ2n) is 9.06. The lowest BCUT2D eigenvalue weighted by atomic mass is 9.47. The molecule has 0 aromatic heterocycles. The van der Waals surface area contributed by atoms with Crippen molar-refractivity contribution in [1.82, 2.24) is 0 Å². The zero-order chi connectivity index (χ0) is 17.5. The van der Waals surface area contributed by atoms with E-state index in [1.54, 1.807) is 6.08 Å². The number of hydrogen-bond acceptors (Lipinski definition) is 5. The highest BCUT2D eigenvalue weighted by molar-refractivity contribution is 5.95. The second kappa shape index (κ2) is 4.91. The Kier molecular flexibility index (Phi) is 3.42. The van der Waals surface area contributed by atoms with Crippen LogP contribution in [0.1, 0.15) is 52.4 Å². The van der Waals surface area contributed by atoms with E-state index in [0.717, 1.165) is 12.0 Å². The largest absolute Gasteiger partial charge is 0.392 e. The van der Waals surface area contributed by atoms with E-state index in [-0.39, 0.29) is 24.0 Å². The standard InChI is InChI=1S/C19H28O5/c1-17-9-15(22)14(21)8-12(17)13(20)7-11-10(17)3-5-18(2)16(23)4-6-19(11,18)24/h7,10,12,14-16,21-24H,3-6,8-9H2,1-2H3. The van der Waals surface area contributed by atoms with Gasteiger partial charge in [0.25, 0.3) is 0 Å². The van der Waals surface area contributed by atoms with Gasteiger partial charge >= 0.3 is 0 Å². The van der Waals surface area contributed by atoms with Crippen LogP contribution in [0.2, 0.25) is 0 Å². The predicted octanol–water partition coefficient (Wildman–Crippen LogP) is 0.936. The third-order valence-electron chi connectivity index (χ3n) is 8.07. The number of fused-ring (bicyclic) bond motifs is 5. The summed E-state index contributed by atoms with van der Waals surface area (Å²) in [6, 6.07) is 0. The van der Waals surface area contributed by atoms with E-state index in [4.69, 9.17) is 0 Å². The van der Waals surface area contributed by atoms with Crippen molar-refractivity contribution >= 4 is 5.78 Å². The van der Waals surface area contributed by atoms with E-state index in [1.165, 1.54) is 0 Å². The first-order chi connectivity index (χ1) is 11.1. The van der Waals surface area contributed by atoms with Crippen molar-refractivity contribution in [2.24, 2.45) is 22.7 Å². The molecule has 8 unspecified atom stereocenters. The third kappa shape index (κ3) is 1.82. The Morgan fingerprint density at radius 3 is 2.46 bits per heavy atom. The van der Waals surface area contributed by atoms with Crippen LogP contribution in [0.15, 0.2) is 11.6 Å². The molecule has 5 heteroatoms. The van der Waals surface area contributed by atoms with Crippen LogP contribution in [0.3, 0.4) is 0 Å². The Morgan fingerprint density at radius 1 is 1.04 bits per heavy atom. The maximum atomic E-state index is 12.8. The van der Waals surface area contributed by atoms with E-state index in [1.807, 2.05) is 13.8 Å². The van der Waals surface area contributed by atoms with Gasteiger partial charge in [0.05, 0.1) is 23.9 Å². The SMILES string of the molecule is CC12CC(O)C(O)CC1C(=O)C=C1C2CCC2(C)C(O)CCC12O. The number of ketones is 1. The summed E-state index contributed by atoms with van der Waals surface area (Å²) < 4.78 is 0. The lowest BCUT2D eigenvalue weighted by molar-refractivity contribution is -0.155. The number of allylic oxidation sites excluding steroid dienone is 1. The summed E-state index contributed by atoms with van der Waals surface area (Å²) in [5.41, 5.74) is -1.42. The summed E-state index contributed by atoms with van der Waals surface area (Å²) in [4.78, 5) is 12.8. The summed E-state index contributed by atoms with van der Waals surface area (Å²) >= 11 is 0. The van der Waals surface area contributed by atoms with Gasteiger partial charge in [-0.1, -0.05) is 13.8 Å². The van der Waals surface area contributed by atoms with Gasteiger partial charge in [-0.2, -0.15) is 0 Å². The Morgan fingerprint density at radius 2 is 1.75 bits per heavy atom. The molecule has 5 nitrogen and oxygen atoms in total. The van der Waals surface area contributed by atoms with Gasteiger partial charge in [0.1, 0.15) is 0 Å². The van der Waals surface area contributed by atoms with Crippen LogP contribution in [0.4, 0.5) is 0 Å². The van der Waals surface area contributed by atoms with Gasteiger partial charge < -0.3 is 20.4 Å². The van der Waals surface area contributed by atoms with Gasteiger partial charge in [-0.05, 0) is 61.5 Å². The zero-order valence-electron chi connectivity index (χ0n) is 14.4. The van der Waals surface area contributed by atoms with Crippen LogP contribution in [0.5, 0.6) is 0 Å². The number of aliphatic hydroxyl groups excluding tert-OH is 3. The van der Waals surface area contributed by atoms with E-state index >= 15 is 0 Å². The Labute approximate surface area is 142 Å². The summed E-state index contributed by atoms with van der Waals surface area (Å²) in [6.45, 7) is 3.96. The van der Waals surface area contributed by atoms with Gasteiger partial charge in [0.2, 0.25) is 0 Å². The van der Waals surface area contributed by atoms with Gasteiger partial charge in [-0.3, -0.25) is 4.79 Å². The molecule has 0 aromatic carbocycles. The molecular formula is C19H28O5. The van der Waals surface area contributed by atoms with Crippen LogP contribution in [0.25, 0.3) is 0 Å². The van der Waals surface area contributed by atoms with Crippen molar-refractivity contribution < 1.29 is 25.2 Å². The molecule has 4 rings (SSSR count). The second-order valence-corrected chi connectivity index (χ2v) is 9.06. The van der Waals surface area contributed by atoms with Crippen LogP contribution < -0.4 is 0 Å². The van der Waals surface area contributed by atoms with Crippen molar-refractivity contribution in [3.05, 3.63) is 11.6 Å². The van der Waals surface area contributed by atoms with E-state index < -0.39 is 34.7 Å². The minimum atomic E-state index is -1.14. The highest BCUT2D eigenvalue weighted by atomic mass is 16.3. The van der Waals surface area contributed by atoms with Crippen LogP contribution in [0, 0.1) is 22.7 Å².